The van der Waals surface area contributed by atoms with E-state index in [9.17, 15) is 14.9 Å². The highest BCUT2D eigenvalue weighted by Gasteiger charge is 2.13. The predicted molar refractivity (Wildman–Crippen MR) is 107 cm³/mol. The molecule has 0 fully saturated rings. The Morgan fingerprint density at radius 1 is 0.867 bits per heavy atom. The van der Waals surface area contributed by atoms with Gasteiger partial charge in [-0.1, -0.05) is 18.2 Å². The summed E-state index contributed by atoms with van der Waals surface area (Å²) in [6, 6.07) is 21.9. The maximum Gasteiger partial charge on any atom is 0.338 e. The van der Waals surface area contributed by atoms with Crippen LogP contribution in [0.4, 0.5) is 5.69 Å². The standard InChI is InChI=1S/C22H15N3O5/c26-22(29-14-15-6-12-19(13-7-15)25(27)28)18-10-8-17(9-11-18)21-24-23-20(30-21)16-4-2-1-3-5-16/h1-13H,14H2. The maximum atomic E-state index is 12.2. The smallest absolute Gasteiger partial charge is 0.338 e. The molecule has 4 aromatic rings. The van der Waals surface area contributed by atoms with Gasteiger partial charge >= 0.3 is 5.97 Å². The van der Waals surface area contributed by atoms with E-state index in [-0.39, 0.29) is 12.3 Å². The third-order valence-electron chi connectivity index (χ3n) is 4.33. The van der Waals surface area contributed by atoms with Gasteiger partial charge in [0.05, 0.1) is 10.5 Å². The molecule has 0 aliphatic carbocycles. The summed E-state index contributed by atoms with van der Waals surface area (Å²) in [6.45, 7) is 0.0165. The molecule has 0 radical (unpaired) electrons. The molecule has 0 aliphatic rings. The van der Waals surface area contributed by atoms with Crippen molar-refractivity contribution in [2.75, 3.05) is 0 Å². The van der Waals surface area contributed by atoms with Crippen LogP contribution >= 0.6 is 0 Å². The van der Waals surface area contributed by atoms with Crippen LogP contribution in [0.5, 0.6) is 0 Å². The molecule has 1 heterocycles. The number of nitrogens with zero attached hydrogens (tertiary/aromatic N) is 3. The topological polar surface area (TPSA) is 108 Å². The fraction of sp³-hybridized carbons (Fsp3) is 0.0455. The van der Waals surface area contributed by atoms with E-state index < -0.39 is 10.9 Å². The first kappa shape index (κ1) is 19.0. The van der Waals surface area contributed by atoms with Gasteiger partial charge in [-0.15, -0.1) is 10.2 Å². The van der Waals surface area contributed by atoms with Crippen molar-refractivity contribution in [3.8, 4) is 22.9 Å². The Bertz CT molecular complexity index is 1170. The highest BCUT2D eigenvalue weighted by molar-refractivity contribution is 5.89. The summed E-state index contributed by atoms with van der Waals surface area (Å²) < 4.78 is 11.0. The number of nitro groups is 1. The SMILES string of the molecule is O=C(OCc1ccc([N+](=O)[O-])cc1)c1ccc(-c2nnc(-c3ccccc3)o2)cc1. The van der Waals surface area contributed by atoms with Gasteiger partial charge < -0.3 is 9.15 Å². The van der Waals surface area contributed by atoms with E-state index >= 15 is 0 Å². The number of rotatable bonds is 6. The van der Waals surface area contributed by atoms with Gasteiger partial charge in [-0.2, -0.15) is 0 Å². The van der Waals surface area contributed by atoms with Gasteiger partial charge in [-0.25, -0.2) is 4.79 Å². The van der Waals surface area contributed by atoms with Gasteiger partial charge in [0.15, 0.2) is 0 Å². The van der Waals surface area contributed by atoms with Crippen molar-refractivity contribution in [3.05, 3.63) is 100 Å². The predicted octanol–water partition coefficient (Wildman–Crippen LogP) is 4.67. The van der Waals surface area contributed by atoms with Crippen LogP contribution in [0.2, 0.25) is 0 Å². The quantitative estimate of drug-likeness (QED) is 0.262. The van der Waals surface area contributed by atoms with Crippen LogP contribution in [0.15, 0.2) is 83.3 Å². The summed E-state index contributed by atoms with van der Waals surface area (Å²) >= 11 is 0. The summed E-state index contributed by atoms with van der Waals surface area (Å²) in [5.74, 6) is 0.257. The Morgan fingerprint density at radius 3 is 2.07 bits per heavy atom. The van der Waals surface area contributed by atoms with E-state index in [0.717, 1.165) is 5.56 Å². The number of nitro benzene ring substituents is 1. The number of esters is 1. The second-order valence-electron chi connectivity index (χ2n) is 6.36. The second-order valence-corrected chi connectivity index (χ2v) is 6.36. The number of ether oxygens (including phenoxy) is 1. The van der Waals surface area contributed by atoms with Crippen LogP contribution < -0.4 is 0 Å². The molecular weight excluding hydrogens is 386 g/mol. The third-order valence-corrected chi connectivity index (χ3v) is 4.33. The van der Waals surface area contributed by atoms with Crippen LogP contribution in [-0.4, -0.2) is 21.1 Å². The Hall–Kier alpha value is -4.33. The van der Waals surface area contributed by atoms with Crippen LogP contribution in [0, 0.1) is 10.1 Å². The molecule has 0 unspecified atom stereocenters. The number of non-ortho nitro benzene ring substituents is 1. The van der Waals surface area contributed by atoms with E-state index in [0.29, 0.717) is 28.5 Å². The minimum absolute atomic E-state index is 0.0165. The summed E-state index contributed by atoms with van der Waals surface area (Å²) in [5.41, 5.74) is 2.50. The molecule has 0 saturated heterocycles. The van der Waals surface area contributed by atoms with Gasteiger partial charge in [0.1, 0.15) is 6.61 Å². The number of carbonyl (C=O) groups excluding carboxylic acids is 1. The van der Waals surface area contributed by atoms with E-state index in [2.05, 4.69) is 10.2 Å². The molecule has 1 aromatic heterocycles. The van der Waals surface area contributed by atoms with Crippen molar-refractivity contribution >= 4 is 11.7 Å². The van der Waals surface area contributed by atoms with Crippen molar-refractivity contribution in [1.82, 2.24) is 10.2 Å². The average molecular weight is 401 g/mol. The summed E-state index contributed by atoms with van der Waals surface area (Å²) in [5, 5.41) is 18.8. The largest absolute Gasteiger partial charge is 0.457 e. The molecule has 148 valence electrons. The molecule has 0 spiro atoms. The number of aromatic nitrogens is 2. The van der Waals surface area contributed by atoms with Crippen molar-refractivity contribution in [3.63, 3.8) is 0 Å². The van der Waals surface area contributed by atoms with Crippen molar-refractivity contribution in [2.45, 2.75) is 6.61 Å². The molecule has 0 amide bonds. The molecule has 0 aliphatic heterocycles. The monoisotopic (exact) mass is 401 g/mol. The highest BCUT2D eigenvalue weighted by atomic mass is 16.6. The lowest BCUT2D eigenvalue weighted by Crippen LogP contribution is -2.05. The zero-order valence-electron chi connectivity index (χ0n) is 15.6. The van der Waals surface area contributed by atoms with Gasteiger partial charge in [-0.05, 0) is 54.1 Å². The summed E-state index contributed by atoms with van der Waals surface area (Å²) in [4.78, 5) is 22.4. The van der Waals surface area contributed by atoms with Gasteiger partial charge in [0.25, 0.3) is 5.69 Å². The van der Waals surface area contributed by atoms with Crippen LogP contribution in [0.25, 0.3) is 22.9 Å². The number of benzene rings is 3. The molecule has 0 atom stereocenters. The van der Waals surface area contributed by atoms with Crippen molar-refractivity contribution in [1.29, 1.82) is 0 Å². The number of hydrogen-bond acceptors (Lipinski definition) is 7. The Balaban J connectivity index is 1.40. The van der Waals surface area contributed by atoms with Gasteiger partial charge in [0, 0.05) is 23.3 Å². The fourth-order valence-corrected chi connectivity index (χ4v) is 2.73. The molecule has 8 nitrogen and oxygen atoms in total. The molecule has 0 saturated carbocycles. The lowest BCUT2D eigenvalue weighted by Gasteiger charge is -2.05. The first-order valence-electron chi connectivity index (χ1n) is 9.00. The lowest BCUT2D eigenvalue weighted by atomic mass is 10.1. The average Bonchev–Trinajstić information content (AvgIpc) is 3.29. The zero-order valence-corrected chi connectivity index (χ0v) is 15.6. The Morgan fingerprint density at radius 2 is 1.47 bits per heavy atom. The fourth-order valence-electron chi connectivity index (χ4n) is 2.73. The highest BCUT2D eigenvalue weighted by Crippen LogP contribution is 2.24. The Labute approximate surface area is 170 Å². The van der Waals surface area contributed by atoms with E-state index in [1.54, 1.807) is 36.4 Å². The van der Waals surface area contributed by atoms with E-state index in [1.807, 2.05) is 30.3 Å². The minimum atomic E-state index is -0.504. The number of carbonyl (C=O) groups is 1. The molecule has 8 heteroatoms. The van der Waals surface area contributed by atoms with E-state index in [4.69, 9.17) is 9.15 Å². The van der Waals surface area contributed by atoms with E-state index in [1.165, 1.54) is 12.1 Å². The van der Waals surface area contributed by atoms with Crippen LogP contribution in [-0.2, 0) is 11.3 Å². The van der Waals surface area contributed by atoms with Crippen LogP contribution in [0.3, 0.4) is 0 Å². The normalized spacial score (nSPS) is 10.5. The van der Waals surface area contributed by atoms with Gasteiger partial charge in [0.2, 0.25) is 11.8 Å². The lowest BCUT2D eigenvalue weighted by molar-refractivity contribution is -0.384. The first-order valence-corrected chi connectivity index (χ1v) is 9.00. The van der Waals surface area contributed by atoms with Gasteiger partial charge in [-0.3, -0.25) is 10.1 Å². The minimum Gasteiger partial charge on any atom is -0.457 e. The number of hydrogen-bond donors (Lipinski definition) is 0. The molecule has 0 bridgehead atoms. The Kier molecular flexibility index (Phi) is 5.29. The molecule has 0 N–H and O–H groups in total. The maximum absolute atomic E-state index is 12.2. The zero-order chi connectivity index (χ0) is 20.9. The first-order chi connectivity index (χ1) is 14.6. The summed E-state index contributed by atoms with van der Waals surface area (Å²) in [7, 11) is 0. The van der Waals surface area contributed by atoms with Crippen LogP contribution in [0.1, 0.15) is 15.9 Å². The summed E-state index contributed by atoms with van der Waals surface area (Å²) in [6.07, 6.45) is 0. The van der Waals surface area contributed by atoms with Crippen molar-refractivity contribution < 1.29 is 18.9 Å². The molecule has 3 aromatic carbocycles. The second kappa shape index (κ2) is 8.36. The molecule has 4 rings (SSSR count). The third kappa shape index (κ3) is 4.22. The van der Waals surface area contributed by atoms with Crippen molar-refractivity contribution in [2.24, 2.45) is 0 Å². The molecule has 30 heavy (non-hydrogen) atoms. The molecular formula is C22H15N3O5.